The summed E-state index contributed by atoms with van der Waals surface area (Å²) in [6.45, 7) is 1.75. The van der Waals surface area contributed by atoms with Crippen molar-refractivity contribution in [3.8, 4) is 0 Å². The minimum absolute atomic E-state index is 0.0215. The maximum atomic E-state index is 11.4. The Kier molecular flexibility index (Phi) is 3.83. The molecule has 0 atom stereocenters. The van der Waals surface area contributed by atoms with Crippen LogP contribution < -0.4 is 4.72 Å². The van der Waals surface area contributed by atoms with Crippen molar-refractivity contribution in [1.82, 2.24) is 4.98 Å². The van der Waals surface area contributed by atoms with Crippen LogP contribution in [0.3, 0.4) is 0 Å². The molecule has 0 aliphatic carbocycles. The number of nitrogens with one attached hydrogen (secondary N) is 1. The van der Waals surface area contributed by atoms with E-state index < -0.39 is 16.0 Å². The molecule has 88 valence electrons. The van der Waals surface area contributed by atoms with Crippen molar-refractivity contribution >= 4 is 21.7 Å². The number of rotatable bonds is 5. The summed E-state index contributed by atoms with van der Waals surface area (Å²) in [5.74, 6) is -1.13. The third-order valence-corrected chi connectivity index (χ3v) is 3.22. The van der Waals surface area contributed by atoms with Gasteiger partial charge in [0.05, 0.1) is 17.6 Å². The van der Waals surface area contributed by atoms with E-state index in [-0.39, 0.29) is 17.1 Å². The van der Waals surface area contributed by atoms with Crippen molar-refractivity contribution in [3.05, 3.63) is 24.0 Å². The Labute approximate surface area is 93.4 Å². The molecule has 1 heterocycles. The molecule has 0 unspecified atom stereocenters. The first-order chi connectivity index (χ1) is 7.44. The average molecular weight is 244 g/mol. The molecule has 0 aliphatic rings. The number of sulfonamides is 1. The summed E-state index contributed by atoms with van der Waals surface area (Å²) >= 11 is 0. The summed E-state index contributed by atoms with van der Waals surface area (Å²) in [4.78, 5) is 14.1. The third kappa shape index (κ3) is 3.50. The summed E-state index contributed by atoms with van der Waals surface area (Å²) in [5, 5.41) is 8.59. The Morgan fingerprint density at radius 1 is 1.50 bits per heavy atom. The highest BCUT2D eigenvalue weighted by molar-refractivity contribution is 7.92. The molecule has 0 fully saturated rings. The van der Waals surface area contributed by atoms with Gasteiger partial charge in [-0.25, -0.2) is 18.2 Å². The molecular formula is C9H12N2O4S. The fourth-order valence-corrected chi connectivity index (χ4v) is 2.20. The number of aromatic carboxylic acids is 1. The monoisotopic (exact) mass is 244 g/mol. The van der Waals surface area contributed by atoms with Gasteiger partial charge >= 0.3 is 5.97 Å². The van der Waals surface area contributed by atoms with Gasteiger partial charge in [0.2, 0.25) is 10.0 Å². The van der Waals surface area contributed by atoms with E-state index in [2.05, 4.69) is 9.71 Å². The molecule has 0 saturated heterocycles. The van der Waals surface area contributed by atoms with E-state index in [9.17, 15) is 13.2 Å². The predicted molar refractivity (Wildman–Crippen MR) is 58.9 cm³/mol. The van der Waals surface area contributed by atoms with Crippen LogP contribution in [0.1, 0.15) is 23.8 Å². The number of pyridine rings is 1. The summed E-state index contributed by atoms with van der Waals surface area (Å²) in [6, 6.07) is 2.61. The molecule has 16 heavy (non-hydrogen) atoms. The second kappa shape index (κ2) is 4.93. The zero-order valence-corrected chi connectivity index (χ0v) is 9.49. The van der Waals surface area contributed by atoms with Gasteiger partial charge in [-0.1, -0.05) is 6.92 Å². The predicted octanol–water partition coefficient (Wildman–Crippen LogP) is 0.932. The highest BCUT2D eigenvalue weighted by Crippen LogP contribution is 2.09. The van der Waals surface area contributed by atoms with E-state index in [0.29, 0.717) is 6.42 Å². The first-order valence-corrected chi connectivity index (χ1v) is 6.29. The summed E-state index contributed by atoms with van der Waals surface area (Å²) in [7, 11) is -3.36. The molecule has 0 radical (unpaired) electrons. The zero-order chi connectivity index (χ0) is 12.2. The fourth-order valence-electron chi connectivity index (χ4n) is 1.08. The number of nitrogens with zero attached hydrogens (tertiary/aromatic N) is 1. The Morgan fingerprint density at radius 2 is 2.19 bits per heavy atom. The molecule has 2 N–H and O–H groups in total. The molecule has 0 spiro atoms. The van der Waals surface area contributed by atoms with Gasteiger partial charge in [-0.05, 0) is 18.6 Å². The van der Waals surface area contributed by atoms with Crippen LogP contribution in [0.5, 0.6) is 0 Å². The van der Waals surface area contributed by atoms with E-state index in [1.807, 2.05) is 0 Å². The second-order valence-corrected chi connectivity index (χ2v) is 5.00. The van der Waals surface area contributed by atoms with Gasteiger partial charge in [-0.15, -0.1) is 0 Å². The molecule has 0 saturated carbocycles. The SMILES string of the molecule is CCCS(=O)(=O)Nc1ccc(C(=O)O)nc1. The number of hydrogen-bond acceptors (Lipinski definition) is 4. The molecule has 0 aliphatic heterocycles. The highest BCUT2D eigenvalue weighted by Gasteiger charge is 2.09. The Morgan fingerprint density at radius 3 is 2.62 bits per heavy atom. The molecule has 1 rings (SSSR count). The molecule has 0 bridgehead atoms. The maximum Gasteiger partial charge on any atom is 0.354 e. The molecule has 0 amide bonds. The van der Waals surface area contributed by atoms with Gasteiger partial charge in [0.15, 0.2) is 0 Å². The molecule has 1 aromatic rings. The van der Waals surface area contributed by atoms with Crippen LogP contribution in [0.25, 0.3) is 0 Å². The van der Waals surface area contributed by atoms with Gasteiger partial charge in [-0.3, -0.25) is 4.72 Å². The number of aromatic nitrogens is 1. The normalized spacial score (nSPS) is 11.1. The first kappa shape index (κ1) is 12.4. The third-order valence-electron chi connectivity index (χ3n) is 1.73. The Hall–Kier alpha value is -1.63. The van der Waals surface area contributed by atoms with E-state index in [1.165, 1.54) is 18.3 Å². The summed E-state index contributed by atoms with van der Waals surface area (Å²) < 4.78 is 25.0. The van der Waals surface area contributed by atoms with Gasteiger partial charge in [0.25, 0.3) is 0 Å². The molecular weight excluding hydrogens is 232 g/mol. The topological polar surface area (TPSA) is 96.4 Å². The first-order valence-electron chi connectivity index (χ1n) is 4.64. The minimum Gasteiger partial charge on any atom is -0.477 e. The number of anilines is 1. The average Bonchev–Trinajstić information content (AvgIpc) is 2.17. The van der Waals surface area contributed by atoms with Gasteiger partial charge < -0.3 is 5.11 Å². The van der Waals surface area contributed by atoms with Crippen molar-refractivity contribution in [2.24, 2.45) is 0 Å². The van der Waals surface area contributed by atoms with Crippen LogP contribution in [0, 0.1) is 0 Å². The van der Waals surface area contributed by atoms with E-state index in [0.717, 1.165) is 0 Å². The quantitative estimate of drug-likeness (QED) is 0.803. The minimum atomic E-state index is -3.36. The van der Waals surface area contributed by atoms with Crippen molar-refractivity contribution in [3.63, 3.8) is 0 Å². The van der Waals surface area contributed by atoms with Gasteiger partial charge in [-0.2, -0.15) is 0 Å². The van der Waals surface area contributed by atoms with Crippen LogP contribution in [0.2, 0.25) is 0 Å². The van der Waals surface area contributed by atoms with E-state index >= 15 is 0 Å². The fraction of sp³-hybridized carbons (Fsp3) is 0.333. The van der Waals surface area contributed by atoms with Crippen LogP contribution >= 0.6 is 0 Å². The second-order valence-electron chi connectivity index (χ2n) is 3.16. The lowest BCUT2D eigenvalue weighted by Crippen LogP contribution is -2.16. The Bertz CT molecular complexity index is 467. The Balaban J connectivity index is 2.80. The zero-order valence-electron chi connectivity index (χ0n) is 8.67. The molecule has 6 nitrogen and oxygen atoms in total. The smallest absolute Gasteiger partial charge is 0.354 e. The largest absolute Gasteiger partial charge is 0.477 e. The number of carboxylic acids is 1. The van der Waals surface area contributed by atoms with Crippen LogP contribution in [-0.2, 0) is 10.0 Å². The standard InChI is InChI=1S/C9H12N2O4S/c1-2-5-16(14,15)11-7-3-4-8(9(12)13)10-6-7/h3-4,6,11H,2,5H2,1H3,(H,12,13). The van der Waals surface area contributed by atoms with Crippen molar-refractivity contribution in [1.29, 1.82) is 0 Å². The van der Waals surface area contributed by atoms with Crippen LogP contribution in [-0.4, -0.2) is 30.2 Å². The van der Waals surface area contributed by atoms with Crippen molar-refractivity contribution in [2.75, 3.05) is 10.5 Å². The lowest BCUT2D eigenvalue weighted by Gasteiger charge is -2.06. The molecule has 1 aromatic heterocycles. The number of carboxylic acid groups (broad SMARTS) is 1. The van der Waals surface area contributed by atoms with E-state index in [4.69, 9.17) is 5.11 Å². The number of hydrogen-bond donors (Lipinski definition) is 2. The lowest BCUT2D eigenvalue weighted by molar-refractivity contribution is 0.0690. The van der Waals surface area contributed by atoms with Crippen molar-refractivity contribution in [2.45, 2.75) is 13.3 Å². The number of carbonyl (C=O) groups is 1. The lowest BCUT2D eigenvalue weighted by atomic mass is 10.3. The van der Waals surface area contributed by atoms with Gasteiger partial charge in [0, 0.05) is 0 Å². The summed E-state index contributed by atoms with van der Waals surface area (Å²) in [5.41, 5.74) is 0.136. The van der Waals surface area contributed by atoms with Crippen LogP contribution in [0.15, 0.2) is 18.3 Å². The van der Waals surface area contributed by atoms with Gasteiger partial charge in [0.1, 0.15) is 5.69 Å². The van der Waals surface area contributed by atoms with E-state index in [1.54, 1.807) is 6.92 Å². The maximum absolute atomic E-state index is 11.4. The molecule has 0 aromatic carbocycles. The highest BCUT2D eigenvalue weighted by atomic mass is 32.2. The van der Waals surface area contributed by atoms with Crippen LogP contribution in [0.4, 0.5) is 5.69 Å². The molecule has 7 heteroatoms. The summed E-state index contributed by atoms with van der Waals surface area (Å²) in [6.07, 6.45) is 1.69. The van der Waals surface area contributed by atoms with Crippen molar-refractivity contribution < 1.29 is 18.3 Å².